The van der Waals surface area contributed by atoms with E-state index in [9.17, 15) is 4.79 Å². The molecule has 0 fully saturated rings. The lowest BCUT2D eigenvalue weighted by molar-refractivity contribution is -0.121. The summed E-state index contributed by atoms with van der Waals surface area (Å²) >= 11 is 1.60. The lowest BCUT2D eigenvalue weighted by Gasteiger charge is -2.20. The summed E-state index contributed by atoms with van der Waals surface area (Å²) in [5, 5.41) is 5.15. The second kappa shape index (κ2) is 7.13. The van der Waals surface area contributed by atoms with Crippen LogP contribution in [-0.4, -0.2) is 20.4 Å². The van der Waals surface area contributed by atoms with Crippen molar-refractivity contribution in [2.45, 2.75) is 32.7 Å². The van der Waals surface area contributed by atoms with Crippen molar-refractivity contribution in [1.29, 1.82) is 0 Å². The van der Waals surface area contributed by atoms with Crippen molar-refractivity contribution in [2.24, 2.45) is 13.0 Å². The van der Waals surface area contributed by atoms with Crippen LogP contribution in [0.1, 0.15) is 37.0 Å². The van der Waals surface area contributed by atoms with Crippen LogP contribution >= 0.6 is 11.3 Å². The number of carbonyl (C=O) groups excluding carboxylic acids is 1. The molecule has 6 heteroatoms. The highest BCUT2D eigenvalue weighted by Crippen LogP contribution is 2.24. The first kappa shape index (κ1) is 16.6. The van der Waals surface area contributed by atoms with E-state index < -0.39 is 0 Å². The number of hydrogen-bond acceptors (Lipinski definition) is 4. The number of hydrogen-bond donors (Lipinski definition) is 1. The average Bonchev–Trinajstić information content (AvgIpc) is 3.15. The highest BCUT2D eigenvalue weighted by Gasteiger charge is 2.22. The van der Waals surface area contributed by atoms with Crippen LogP contribution in [0.2, 0.25) is 0 Å². The molecule has 0 radical (unpaired) electrons. The van der Waals surface area contributed by atoms with E-state index in [1.807, 2.05) is 41.3 Å². The van der Waals surface area contributed by atoms with Crippen molar-refractivity contribution in [2.75, 3.05) is 0 Å². The van der Waals surface area contributed by atoms with Gasteiger partial charge in [0.25, 0.3) is 0 Å². The van der Waals surface area contributed by atoms with Crippen molar-refractivity contribution in [3.05, 3.63) is 46.5 Å². The lowest BCUT2D eigenvalue weighted by atomic mass is 10.0. The number of aromatic nitrogens is 3. The van der Waals surface area contributed by atoms with Crippen molar-refractivity contribution >= 4 is 28.4 Å². The fourth-order valence-corrected chi connectivity index (χ4v) is 3.57. The predicted octanol–water partition coefficient (Wildman–Crippen LogP) is 3.48. The summed E-state index contributed by atoms with van der Waals surface area (Å²) in [5.74, 6) is 1.34. The minimum Gasteiger partial charge on any atom is -0.346 e. The quantitative estimate of drug-likeness (QED) is 0.746. The zero-order chi connectivity index (χ0) is 17.1. The Hall–Kier alpha value is -2.21. The molecule has 0 aromatic carbocycles. The van der Waals surface area contributed by atoms with Gasteiger partial charge >= 0.3 is 0 Å². The summed E-state index contributed by atoms with van der Waals surface area (Å²) in [6.45, 7) is 4.30. The maximum atomic E-state index is 12.4. The standard InChI is InChI=1S/C18H22N4OS/c1-12(2)10-15(20-16(23)11-13-6-5-9-24-13)18-21-14-7-4-8-19-17(14)22(18)3/h4-9,12,15H,10-11H2,1-3H3,(H,20,23)/t15-/m0/s1. The molecule has 5 nitrogen and oxygen atoms in total. The molecule has 1 atom stereocenters. The van der Waals surface area contributed by atoms with Gasteiger partial charge in [0.2, 0.25) is 5.91 Å². The summed E-state index contributed by atoms with van der Waals surface area (Å²) in [6.07, 6.45) is 3.02. The van der Waals surface area contributed by atoms with Gasteiger partial charge in [-0.3, -0.25) is 4.79 Å². The third-order valence-electron chi connectivity index (χ3n) is 3.93. The fraction of sp³-hybridized carbons (Fsp3) is 0.389. The van der Waals surface area contributed by atoms with Crippen LogP contribution in [0.4, 0.5) is 0 Å². The normalized spacial score (nSPS) is 12.7. The molecule has 0 saturated carbocycles. The molecule has 3 aromatic heterocycles. The van der Waals surface area contributed by atoms with Gasteiger partial charge in [0.1, 0.15) is 11.3 Å². The number of thiophene rings is 1. The van der Waals surface area contributed by atoms with E-state index in [4.69, 9.17) is 4.98 Å². The minimum absolute atomic E-state index is 0.0307. The summed E-state index contributed by atoms with van der Waals surface area (Å²) < 4.78 is 1.98. The topological polar surface area (TPSA) is 59.8 Å². The molecular formula is C18H22N4OS. The van der Waals surface area contributed by atoms with Gasteiger partial charge in [-0.15, -0.1) is 11.3 Å². The molecule has 0 spiro atoms. The molecule has 126 valence electrons. The van der Waals surface area contributed by atoms with E-state index in [0.29, 0.717) is 12.3 Å². The number of carbonyl (C=O) groups is 1. The maximum absolute atomic E-state index is 12.4. The van der Waals surface area contributed by atoms with Gasteiger partial charge in [-0.05, 0) is 35.9 Å². The van der Waals surface area contributed by atoms with E-state index in [2.05, 4.69) is 24.1 Å². The molecule has 3 aromatic rings. The van der Waals surface area contributed by atoms with Crippen molar-refractivity contribution in [3.63, 3.8) is 0 Å². The largest absolute Gasteiger partial charge is 0.346 e. The number of aryl methyl sites for hydroxylation is 1. The number of imidazole rings is 1. The predicted molar refractivity (Wildman–Crippen MR) is 96.9 cm³/mol. The Kier molecular flexibility index (Phi) is 4.94. The third kappa shape index (κ3) is 3.64. The molecule has 3 rings (SSSR count). The molecular weight excluding hydrogens is 320 g/mol. The number of rotatable bonds is 6. The van der Waals surface area contributed by atoms with Gasteiger partial charge < -0.3 is 9.88 Å². The van der Waals surface area contributed by atoms with Crippen LogP contribution < -0.4 is 5.32 Å². The number of nitrogens with one attached hydrogen (secondary N) is 1. The first-order valence-electron chi connectivity index (χ1n) is 8.13. The molecule has 0 aliphatic heterocycles. The monoisotopic (exact) mass is 342 g/mol. The number of pyridine rings is 1. The summed E-state index contributed by atoms with van der Waals surface area (Å²) in [7, 11) is 1.95. The van der Waals surface area contributed by atoms with Crippen LogP contribution in [0, 0.1) is 5.92 Å². The van der Waals surface area contributed by atoms with Gasteiger partial charge in [-0.1, -0.05) is 19.9 Å². The second-order valence-electron chi connectivity index (χ2n) is 6.38. The molecule has 0 bridgehead atoms. The second-order valence-corrected chi connectivity index (χ2v) is 7.41. The van der Waals surface area contributed by atoms with Crippen molar-refractivity contribution in [1.82, 2.24) is 19.9 Å². The number of nitrogens with zero attached hydrogens (tertiary/aromatic N) is 3. The summed E-state index contributed by atoms with van der Waals surface area (Å²) in [5.41, 5.74) is 1.70. The Labute approximate surface area is 145 Å². The van der Waals surface area contributed by atoms with E-state index in [1.165, 1.54) is 0 Å². The highest BCUT2D eigenvalue weighted by atomic mass is 32.1. The Morgan fingerprint density at radius 3 is 2.83 bits per heavy atom. The highest BCUT2D eigenvalue weighted by molar-refractivity contribution is 7.10. The van der Waals surface area contributed by atoms with Crippen LogP contribution in [0.3, 0.4) is 0 Å². The average molecular weight is 342 g/mol. The Morgan fingerprint density at radius 2 is 2.17 bits per heavy atom. The zero-order valence-electron chi connectivity index (χ0n) is 14.2. The Morgan fingerprint density at radius 1 is 1.33 bits per heavy atom. The van der Waals surface area contributed by atoms with Gasteiger partial charge in [-0.25, -0.2) is 9.97 Å². The molecule has 1 amide bonds. The Balaban J connectivity index is 1.85. The van der Waals surface area contributed by atoms with E-state index in [-0.39, 0.29) is 11.9 Å². The fourth-order valence-electron chi connectivity index (χ4n) is 2.87. The molecule has 0 aliphatic rings. The van der Waals surface area contributed by atoms with Gasteiger partial charge in [0.15, 0.2) is 5.65 Å². The zero-order valence-corrected chi connectivity index (χ0v) is 15.0. The molecule has 24 heavy (non-hydrogen) atoms. The molecule has 0 saturated heterocycles. The first-order chi connectivity index (χ1) is 11.5. The van der Waals surface area contributed by atoms with E-state index in [1.54, 1.807) is 17.5 Å². The van der Waals surface area contributed by atoms with E-state index >= 15 is 0 Å². The molecule has 3 heterocycles. The molecule has 1 N–H and O–H groups in total. The summed E-state index contributed by atoms with van der Waals surface area (Å²) in [4.78, 5) is 22.6. The van der Waals surface area contributed by atoms with Crippen LogP contribution in [-0.2, 0) is 18.3 Å². The smallest absolute Gasteiger partial charge is 0.225 e. The first-order valence-corrected chi connectivity index (χ1v) is 9.01. The summed E-state index contributed by atoms with van der Waals surface area (Å²) in [6, 6.07) is 7.67. The van der Waals surface area contributed by atoms with Crippen LogP contribution in [0.5, 0.6) is 0 Å². The third-order valence-corrected chi connectivity index (χ3v) is 4.81. The van der Waals surface area contributed by atoms with Crippen molar-refractivity contribution < 1.29 is 4.79 Å². The van der Waals surface area contributed by atoms with Crippen molar-refractivity contribution in [3.8, 4) is 0 Å². The van der Waals surface area contributed by atoms with Crippen LogP contribution in [0.25, 0.3) is 11.2 Å². The SMILES string of the molecule is CC(C)C[C@H](NC(=O)Cc1cccs1)c1nc2cccnc2n1C. The lowest BCUT2D eigenvalue weighted by Crippen LogP contribution is -2.32. The maximum Gasteiger partial charge on any atom is 0.225 e. The number of amides is 1. The van der Waals surface area contributed by atoms with Gasteiger partial charge in [0, 0.05) is 18.1 Å². The molecule has 0 aliphatic carbocycles. The van der Waals surface area contributed by atoms with Crippen LogP contribution in [0.15, 0.2) is 35.8 Å². The van der Waals surface area contributed by atoms with E-state index in [0.717, 1.165) is 28.3 Å². The minimum atomic E-state index is -0.114. The Bertz CT molecular complexity index is 823. The van der Waals surface area contributed by atoms with Gasteiger partial charge in [-0.2, -0.15) is 0 Å². The van der Waals surface area contributed by atoms with Gasteiger partial charge in [0.05, 0.1) is 12.5 Å². The molecule has 0 unspecified atom stereocenters. The number of fused-ring (bicyclic) bond motifs is 1.